The van der Waals surface area contributed by atoms with Crippen LogP contribution in [-0.4, -0.2) is 45.4 Å². The van der Waals surface area contributed by atoms with Crippen LogP contribution in [-0.2, 0) is 21.6 Å². The molecule has 5 rings (SSSR count). The molecule has 5 aromatic rings. The average molecular weight is 594 g/mol. The van der Waals surface area contributed by atoms with Crippen LogP contribution in [0.4, 0.5) is 22.2 Å². The highest BCUT2D eigenvalue weighted by atomic mass is 16.5. The molecule has 3 N–H and O–H groups in total. The van der Waals surface area contributed by atoms with Gasteiger partial charge in [0.05, 0.1) is 22.8 Å². The van der Waals surface area contributed by atoms with Crippen molar-refractivity contribution < 1.29 is 19.1 Å². The number of anilines is 3. The first-order chi connectivity index (χ1) is 21.1. The highest BCUT2D eigenvalue weighted by molar-refractivity contribution is 6.07. The lowest BCUT2D eigenvalue weighted by Crippen LogP contribution is -2.21. The van der Waals surface area contributed by atoms with Crippen molar-refractivity contribution >= 4 is 40.2 Å². The van der Waals surface area contributed by atoms with Crippen molar-refractivity contribution in [2.24, 2.45) is 0 Å². The van der Waals surface area contributed by atoms with Gasteiger partial charge in [-0.25, -0.2) is 19.4 Å². The fraction of sp³-hybridized carbons (Fsp3) is 0.242. The lowest BCUT2D eigenvalue weighted by Gasteiger charge is -2.14. The van der Waals surface area contributed by atoms with Crippen molar-refractivity contribution in [3.63, 3.8) is 0 Å². The van der Waals surface area contributed by atoms with Crippen LogP contribution >= 0.6 is 0 Å². The summed E-state index contributed by atoms with van der Waals surface area (Å²) >= 11 is 0. The van der Waals surface area contributed by atoms with Gasteiger partial charge in [-0.05, 0) is 37.3 Å². The minimum atomic E-state index is -0.401. The van der Waals surface area contributed by atoms with Crippen LogP contribution in [0.15, 0.2) is 79.0 Å². The number of urea groups is 1. The number of carbonyl (C=O) groups is 2. The monoisotopic (exact) mass is 593 g/mol. The molecule has 0 aliphatic heterocycles. The summed E-state index contributed by atoms with van der Waals surface area (Å²) in [6, 6.07) is 22.4. The van der Waals surface area contributed by atoms with Crippen LogP contribution in [0.25, 0.3) is 16.5 Å². The van der Waals surface area contributed by atoms with E-state index >= 15 is 0 Å². The Morgan fingerprint density at radius 2 is 1.66 bits per heavy atom. The maximum atomic E-state index is 13.3. The SMILES string of the molecule is COCC(=O)Nc1nccc(COc2ccc(NC(=O)Nc3cc(C(C)(C)C)nn3-c3ccc(C)cc3)c3ccccc23)n1. The van der Waals surface area contributed by atoms with Crippen LogP contribution in [0, 0.1) is 6.92 Å². The van der Waals surface area contributed by atoms with E-state index < -0.39 is 6.03 Å². The van der Waals surface area contributed by atoms with Crippen LogP contribution in [0.5, 0.6) is 5.75 Å². The number of ether oxygens (including phenoxy) is 2. The van der Waals surface area contributed by atoms with Gasteiger partial charge in [0, 0.05) is 35.6 Å². The molecule has 226 valence electrons. The molecule has 0 spiro atoms. The smallest absolute Gasteiger partial charge is 0.324 e. The fourth-order valence-electron chi connectivity index (χ4n) is 4.48. The third-order valence-electron chi connectivity index (χ3n) is 6.75. The number of nitrogens with one attached hydrogen (secondary N) is 3. The van der Waals surface area contributed by atoms with Crippen molar-refractivity contribution in [3.8, 4) is 11.4 Å². The van der Waals surface area contributed by atoms with Crippen molar-refractivity contribution in [3.05, 3.63) is 95.9 Å². The van der Waals surface area contributed by atoms with Crippen LogP contribution in [0.3, 0.4) is 0 Å². The number of benzene rings is 3. The first kappa shape index (κ1) is 30.2. The normalized spacial score (nSPS) is 11.3. The highest BCUT2D eigenvalue weighted by Crippen LogP contribution is 2.33. The number of methoxy groups -OCH3 is 1. The van der Waals surface area contributed by atoms with E-state index in [4.69, 9.17) is 14.6 Å². The van der Waals surface area contributed by atoms with Crippen LogP contribution in [0.2, 0.25) is 0 Å². The number of amides is 3. The van der Waals surface area contributed by atoms with E-state index in [0.717, 1.165) is 27.7 Å². The summed E-state index contributed by atoms with van der Waals surface area (Å²) in [4.78, 5) is 33.5. The van der Waals surface area contributed by atoms with E-state index in [1.165, 1.54) is 7.11 Å². The largest absolute Gasteiger partial charge is 0.487 e. The molecule has 11 heteroatoms. The average Bonchev–Trinajstić information content (AvgIpc) is 3.42. The molecule has 0 fully saturated rings. The van der Waals surface area contributed by atoms with Gasteiger partial charge in [0.1, 0.15) is 24.8 Å². The molecule has 2 heterocycles. The Bertz CT molecular complexity index is 1790. The second-order valence-electron chi connectivity index (χ2n) is 11.3. The molecule has 3 amide bonds. The van der Waals surface area contributed by atoms with Crippen molar-refractivity contribution in [1.29, 1.82) is 0 Å². The molecule has 0 aliphatic rings. The molecule has 3 aromatic carbocycles. The minimum absolute atomic E-state index is 0.0944. The van der Waals surface area contributed by atoms with Gasteiger partial charge in [-0.3, -0.25) is 15.4 Å². The predicted octanol–water partition coefficient (Wildman–Crippen LogP) is 6.23. The van der Waals surface area contributed by atoms with E-state index in [0.29, 0.717) is 22.9 Å². The molecule has 44 heavy (non-hydrogen) atoms. The zero-order chi connectivity index (χ0) is 31.3. The van der Waals surface area contributed by atoms with Gasteiger partial charge in [0.25, 0.3) is 5.91 Å². The lowest BCUT2D eigenvalue weighted by atomic mass is 9.92. The molecule has 0 radical (unpaired) electrons. The van der Waals surface area contributed by atoms with E-state index in [-0.39, 0.29) is 30.5 Å². The molecular formula is C33H35N7O4. The molecule has 0 saturated carbocycles. The van der Waals surface area contributed by atoms with Crippen molar-refractivity contribution in [1.82, 2.24) is 19.7 Å². The number of aryl methyl sites for hydroxylation is 1. The second-order valence-corrected chi connectivity index (χ2v) is 11.3. The molecule has 2 aromatic heterocycles. The Hall–Kier alpha value is -5.29. The Balaban J connectivity index is 1.33. The zero-order valence-corrected chi connectivity index (χ0v) is 25.3. The number of rotatable bonds is 9. The topological polar surface area (TPSA) is 132 Å². The van der Waals surface area contributed by atoms with Gasteiger partial charge < -0.3 is 14.8 Å². The highest BCUT2D eigenvalue weighted by Gasteiger charge is 2.22. The number of fused-ring (bicyclic) bond motifs is 1. The molecule has 0 atom stereocenters. The Labute approximate surface area is 255 Å². The standard InChI is InChI=1S/C33H35N7O4/c1-21-10-12-23(13-11-21)40-29(18-28(39-40)33(2,3)4)37-32(42)36-26-14-15-27(25-9-7-6-8-24(25)26)44-19-22-16-17-34-31(35-22)38-30(41)20-43-5/h6-18H,19-20H2,1-5H3,(H2,36,37,42)(H,34,35,38,41). The third-order valence-corrected chi connectivity index (χ3v) is 6.75. The van der Waals surface area contributed by atoms with Crippen LogP contribution in [0.1, 0.15) is 37.7 Å². The Morgan fingerprint density at radius 1 is 0.909 bits per heavy atom. The van der Waals surface area contributed by atoms with Gasteiger partial charge in [-0.15, -0.1) is 0 Å². The van der Waals surface area contributed by atoms with E-state index in [1.54, 1.807) is 29.1 Å². The lowest BCUT2D eigenvalue weighted by molar-refractivity contribution is -0.119. The Kier molecular flexibility index (Phi) is 8.86. The number of carbonyl (C=O) groups excluding carboxylic acids is 2. The van der Waals surface area contributed by atoms with Gasteiger partial charge in [-0.2, -0.15) is 5.10 Å². The summed E-state index contributed by atoms with van der Waals surface area (Å²) in [6.07, 6.45) is 1.55. The first-order valence-electron chi connectivity index (χ1n) is 14.1. The summed E-state index contributed by atoms with van der Waals surface area (Å²) in [5, 5.41) is 15.0. The van der Waals surface area contributed by atoms with E-state index in [1.807, 2.05) is 61.5 Å². The van der Waals surface area contributed by atoms with E-state index in [2.05, 4.69) is 46.7 Å². The maximum absolute atomic E-state index is 13.3. The second kappa shape index (κ2) is 12.9. The Morgan fingerprint density at radius 3 is 2.39 bits per heavy atom. The van der Waals surface area contributed by atoms with Gasteiger partial charge in [0.2, 0.25) is 5.95 Å². The molecule has 0 saturated heterocycles. The van der Waals surface area contributed by atoms with Crippen molar-refractivity contribution in [2.45, 2.75) is 39.7 Å². The van der Waals surface area contributed by atoms with Gasteiger partial charge in [-0.1, -0.05) is 62.7 Å². The third kappa shape index (κ3) is 7.19. The zero-order valence-electron chi connectivity index (χ0n) is 25.3. The predicted molar refractivity (Wildman–Crippen MR) is 170 cm³/mol. The number of hydrogen-bond acceptors (Lipinski definition) is 7. The summed E-state index contributed by atoms with van der Waals surface area (Å²) in [7, 11) is 1.44. The summed E-state index contributed by atoms with van der Waals surface area (Å²) in [6.45, 7) is 8.32. The van der Waals surface area contributed by atoms with Gasteiger partial charge in [0.15, 0.2) is 0 Å². The summed E-state index contributed by atoms with van der Waals surface area (Å²) in [5.41, 5.74) is 3.83. The molecule has 0 unspecified atom stereocenters. The molecular weight excluding hydrogens is 558 g/mol. The van der Waals surface area contributed by atoms with Crippen LogP contribution < -0.4 is 20.7 Å². The number of hydrogen-bond donors (Lipinski definition) is 3. The molecule has 11 nitrogen and oxygen atoms in total. The molecule has 0 bridgehead atoms. The number of nitrogens with zero attached hydrogens (tertiary/aromatic N) is 4. The fourth-order valence-corrected chi connectivity index (χ4v) is 4.48. The first-order valence-corrected chi connectivity index (χ1v) is 14.1. The van der Waals surface area contributed by atoms with Crippen molar-refractivity contribution in [2.75, 3.05) is 29.7 Å². The minimum Gasteiger partial charge on any atom is -0.487 e. The van der Waals surface area contributed by atoms with E-state index in [9.17, 15) is 9.59 Å². The summed E-state index contributed by atoms with van der Waals surface area (Å²) < 4.78 is 12.7. The summed E-state index contributed by atoms with van der Waals surface area (Å²) in [5.74, 6) is 0.991. The number of aromatic nitrogens is 4. The molecule has 0 aliphatic carbocycles. The maximum Gasteiger partial charge on any atom is 0.324 e. The van der Waals surface area contributed by atoms with Gasteiger partial charge >= 0.3 is 6.03 Å². The quantitative estimate of drug-likeness (QED) is 0.185.